The van der Waals surface area contributed by atoms with E-state index in [4.69, 9.17) is 16.3 Å². The molecule has 0 aliphatic carbocycles. The maximum absolute atomic E-state index is 10.6. The lowest BCUT2D eigenvalue weighted by molar-refractivity contribution is -0.0213. The monoisotopic (exact) mass is 390 g/mol. The van der Waals surface area contributed by atoms with Crippen molar-refractivity contribution in [1.29, 1.82) is 0 Å². The van der Waals surface area contributed by atoms with Crippen LogP contribution in [0.1, 0.15) is 11.1 Å². The second-order valence-corrected chi connectivity index (χ2v) is 7.47. The number of ether oxygens (including phenoxy) is 1. The van der Waals surface area contributed by atoms with Crippen molar-refractivity contribution in [3.05, 3.63) is 70.7 Å². The lowest BCUT2D eigenvalue weighted by atomic mass is 10.0. The van der Waals surface area contributed by atoms with Crippen LogP contribution < -0.4 is 5.32 Å². The summed E-state index contributed by atoms with van der Waals surface area (Å²) in [7, 11) is 1.98. The first-order valence-electron chi connectivity index (χ1n) is 9.22. The molecule has 0 radical (unpaired) electrons. The summed E-state index contributed by atoms with van der Waals surface area (Å²) in [4.78, 5) is 2.10. The third-order valence-electron chi connectivity index (χ3n) is 4.99. The molecule has 4 atom stereocenters. The number of nitrogens with zero attached hydrogens (tertiary/aromatic N) is 1. The molecular weight excluding hydrogens is 364 g/mol. The van der Waals surface area contributed by atoms with Crippen LogP contribution in [-0.2, 0) is 17.8 Å². The van der Waals surface area contributed by atoms with E-state index in [2.05, 4.69) is 22.3 Å². The van der Waals surface area contributed by atoms with Gasteiger partial charge in [-0.2, -0.15) is 0 Å². The number of hydrogen-bond donors (Lipinski definition) is 3. The van der Waals surface area contributed by atoms with Gasteiger partial charge in [-0.05, 0) is 30.3 Å². The minimum atomic E-state index is -0.735. The van der Waals surface area contributed by atoms with E-state index in [9.17, 15) is 10.2 Å². The Bertz CT molecular complexity index is 716. The van der Waals surface area contributed by atoms with Crippen LogP contribution in [0.3, 0.4) is 0 Å². The van der Waals surface area contributed by atoms with Crippen LogP contribution in [0.4, 0.5) is 0 Å². The minimum absolute atomic E-state index is 0.193. The third-order valence-corrected chi connectivity index (χ3v) is 5.22. The molecule has 2 aromatic rings. The number of nitrogens with one attached hydrogen (secondary N) is 1. The fourth-order valence-electron chi connectivity index (χ4n) is 3.67. The van der Waals surface area contributed by atoms with E-state index in [1.807, 2.05) is 49.5 Å². The number of aliphatic hydroxyl groups excluding tert-OH is 2. The zero-order valence-electron chi connectivity index (χ0n) is 15.5. The summed E-state index contributed by atoms with van der Waals surface area (Å²) in [5.74, 6) is 0. The summed E-state index contributed by atoms with van der Waals surface area (Å²) in [6, 6.07) is 17.6. The maximum atomic E-state index is 10.6. The highest BCUT2D eigenvalue weighted by Gasteiger charge is 2.44. The van der Waals surface area contributed by atoms with E-state index < -0.39 is 12.2 Å². The predicted octanol–water partition coefficient (Wildman–Crippen LogP) is 2.05. The molecule has 2 aromatic carbocycles. The van der Waals surface area contributed by atoms with Gasteiger partial charge in [0.05, 0.1) is 18.8 Å². The van der Waals surface area contributed by atoms with E-state index in [0.29, 0.717) is 24.7 Å². The third kappa shape index (κ3) is 5.29. The summed E-state index contributed by atoms with van der Waals surface area (Å²) in [6.45, 7) is 1.75. The van der Waals surface area contributed by atoms with E-state index >= 15 is 0 Å². The SMILES string of the molecule is CN(Cc1ccccc1)[C@@H]1[C@H](O)[C@H](CO)O[C@@H]1CNCc1cccc(Cl)c1. The summed E-state index contributed by atoms with van der Waals surface area (Å²) >= 11 is 6.03. The van der Waals surface area contributed by atoms with Gasteiger partial charge in [-0.15, -0.1) is 0 Å². The number of rotatable bonds is 8. The smallest absolute Gasteiger partial charge is 0.109 e. The lowest BCUT2D eigenvalue weighted by Gasteiger charge is -2.30. The summed E-state index contributed by atoms with van der Waals surface area (Å²) < 4.78 is 5.93. The highest BCUT2D eigenvalue weighted by atomic mass is 35.5. The van der Waals surface area contributed by atoms with Gasteiger partial charge < -0.3 is 20.3 Å². The molecule has 0 aromatic heterocycles. The Labute approximate surface area is 165 Å². The van der Waals surface area contributed by atoms with Crippen LogP contribution in [0, 0.1) is 0 Å². The van der Waals surface area contributed by atoms with Crippen molar-refractivity contribution in [2.24, 2.45) is 0 Å². The van der Waals surface area contributed by atoms with Crippen molar-refractivity contribution in [2.75, 3.05) is 20.2 Å². The molecule has 1 fully saturated rings. The van der Waals surface area contributed by atoms with Gasteiger partial charge in [0, 0.05) is 24.7 Å². The maximum Gasteiger partial charge on any atom is 0.109 e. The molecule has 3 N–H and O–H groups in total. The molecule has 3 rings (SSSR count). The fraction of sp³-hybridized carbons (Fsp3) is 0.429. The van der Waals surface area contributed by atoms with Gasteiger partial charge in [-0.3, -0.25) is 4.90 Å². The van der Waals surface area contributed by atoms with Crippen molar-refractivity contribution < 1.29 is 14.9 Å². The van der Waals surface area contributed by atoms with Crippen molar-refractivity contribution in [2.45, 2.75) is 37.4 Å². The molecule has 6 heteroatoms. The van der Waals surface area contributed by atoms with Crippen LogP contribution in [-0.4, -0.2) is 59.7 Å². The Hall–Kier alpha value is -1.47. The van der Waals surface area contributed by atoms with Crippen molar-refractivity contribution >= 4 is 11.6 Å². The second-order valence-electron chi connectivity index (χ2n) is 7.04. The highest BCUT2D eigenvalue weighted by Crippen LogP contribution is 2.26. The molecule has 0 saturated carbocycles. The van der Waals surface area contributed by atoms with Gasteiger partial charge in [0.2, 0.25) is 0 Å². The van der Waals surface area contributed by atoms with Gasteiger partial charge in [-0.1, -0.05) is 54.1 Å². The normalized spacial score (nSPS) is 25.2. The topological polar surface area (TPSA) is 65.0 Å². The molecule has 0 unspecified atom stereocenters. The van der Waals surface area contributed by atoms with E-state index in [0.717, 1.165) is 5.56 Å². The van der Waals surface area contributed by atoms with Gasteiger partial charge in [0.15, 0.2) is 0 Å². The van der Waals surface area contributed by atoms with Crippen molar-refractivity contribution in [1.82, 2.24) is 10.2 Å². The molecule has 0 spiro atoms. The van der Waals surface area contributed by atoms with Gasteiger partial charge in [-0.25, -0.2) is 0 Å². The van der Waals surface area contributed by atoms with Crippen LogP contribution in [0.15, 0.2) is 54.6 Å². The minimum Gasteiger partial charge on any atom is -0.394 e. The zero-order chi connectivity index (χ0) is 19.2. The molecule has 0 amide bonds. The first kappa shape index (κ1) is 20.3. The van der Waals surface area contributed by atoms with Crippen molar-refractivity contribution in [3.8, 4) is 0 Å². The number of halogens is 1. The van der Waals surface area contributed by atoms with Gasteiger partial charge in [0.1, 0.15) is 12.2 Å². The van der Waals surface area contributed by atoms with Gasteiger partial charge in [0.25, 0.3) is 0 Å². The molecule has 146 valence electrons. The number of benzene rings is 2. The largest absolute Gasteiger partial charge is 0.394 e. The molecule has 0 bridgehead atoms. The van der Waals surface area contributed by atoms with Crippen LogP contribution >= 0.6 is 11.6 Å². The Morgan fingerprint density at radius 2 is 1.81 bits per heavy atom. The molecule has 1 aliphatic heterocycles. The number of likely N-dealkylation sites (N-methyl/N-ethyl adjacent to an activating group) is 1. The van der Waals surface area contributed by atoms with Crippen LogP contribution in [0.25, 0.3) is 0 Å². The fourth-order valence-corrected chi connectivity index (χ4v) is 3.89. The first-order chi connectivity index (χ1) is 13.1. The molecule has 27 heavy (non-hydrogen) atoms. The van der Waals surface area contributed by atoms with Gasteiger partial charge >= 0.3 is 0 Å². The standard InChI is InChI=1S/C21H27ClN2O3/c1-24(13-15-6-3-2-4-7-15)20-18(27-19(14-25)21(20)26)12-23-11-16-8-5-9-17(22)10-16/h2-10,18-21,23,25-26H,11-14H2,1H3/t18-,19+,20+,21-/m1/s1. The quantitative estimate of drug-likeness (QED) is 0.644. The molecule has 1 saturated heterocycles. The molecule has 1 heterocycles. The summed E-state index contributed by atoms with van der Waals surface area (Å²) in [5, 5.41) is 24.3. The zero-order valence-corrected chi connectivity index (χ0v) is 16.2. The van der Waals surface area contributed by atoms with Crippen LogP contribution in [0.2, 0.25) is 5.02 Å². The number of aliphatic hydroxyl groups is 2. The lowest BCUT2D eigenvalue weighted by Crippen LogP contribution is -2.48. The van der Waals surface area contributed by atoms with E-state index in [-0.39, 0.29) is 18.8 Å². The molecular formula is C21H27ClN2O3. The Morgan fingerprint density at radius 1 is 1.07 bits per heavy atom. The Balaban J connectivity index is 1.62. The average Bonchev–Trinajstić information content (AvgIpc) is 2.98. The average molecular weight is 391 g/mol. The number of hydrogen-bond acceptors (Lipinski definition) is 5. The summed E-state index contributed by atoms with van der Waals surface area (Å²) in [6.07, 6.45) is -1.52. The van der Waals surface area contributed by atoms with E-state index in [1.165, 1.54) is 5.56 Å². The van der Waals surface area contributed by atoms with Crippen molar-refractivity contribution in [3.63, 3.8) is 0 Å². The highest BCUT2D eigenvalue weighted by molar-refractivity contribution is 6.30. The molecule has 1 aliphatic rings. The van der Waals surface area contributed by atoms with E-state index in [1.54, 1.807) is 0 Å². The second kappa shape index (κ2) is 9.64. The predicted molar refractivity (Wildman–Crippen MR) is 107 cm³/mol. The summed E-state index contributed by atoms with van der Waals surface area (Å²) in [5.41, 5.74) is 2.26. The van der Waals surface area contributed by atoms with Crippen LogP contribution in [0.5, 0.6) is 0 Å². The Morgan fingerprint density at radius 3 is 2.52 bits per heavy atom. The first-order valence-corrected chi connectivity index (χ1v) is 9.60. The molecule has 5 nitrogen and oxygen atoms in total. The Kier molecular flexibility index (Phi) is 7.24.